The average molecular weight is 237 g/mol. The van der Waals surface area contributed by atoms with Gasteiger partial charge in [-0.05, 0) is 6.92 Å². The van der Waals surface area contributed by atoms with E-state index in [1.54, 1.807) is 0 Å². The first-order valence-electron chi connectivity index (χ1n) is 5.50. The van der Waals surface area contributed by atoms with Crippen molar-refractivity contribution in [3.8, 4) is 0 Å². The molecule has 17 heavy (non-hydrogen) atoms. The number of amides is 1. The van der Waals surface area contributed by atoms with Gasteiger partial charge in [0.05, 0.1) is 0 Å². The molecule has 0 atom stereocenters. The zero-order valence-electron chi connectivity index (χ0n) is 10.7. The van der Waals surface area contributed by atoms with E-state index in [2.05, 4.69) is 20.6 Å². The van der Waals surface area contributed by atoms with Gasteiger partial charge in [-0.25, -0.2) is 9.97 Å². The van der Waals surface area contributed by atoms with Crippen LogP contribution in [0.2, 0.25) is 0 Å². The van der Waals surface area contributed by atoms with Gasteiger partial charge in [0, 0.05) is 40.2 Å². The Bertz CT molecular complexity index is 391. The van der Waals surface area contributed by atoms with E-state index in [9.17, 15) is 4.79 Å². The molecule has 1 aromatic rings. The smallest absolute Gasteiger partial charge is 0.216 e. The predicted molar refractivity (Wildman–Crippen MR) is 68.3 cm³/mol. The predicted octanol–water partition coefficient (Wildman–Crippen LogP) is 0.399. The normalized spacial score (nSPS) is 9.88. The van der Waals surface area contributed by atoms with Crippen LogP contribution >= 0.6 is 0 Å². The van der Waals surface area contributed by atoms with Gasteiger partial charge in [-0.3, -0.25) is 4.79 Å². The molecule has 0 unspecified atom stereocenters. The van der Waals surface area contributed by atoms with Crippen molar-refractivity contribution in [3.05, 3.63) is 11.9 Å². The summed E-state index contributed by atoms with van der Waals surface area (Å²) in [4.78, 5) is 21.2. The first-order chi connectivity index (χ1) is 7.99. The number of hydrogen-bond acceptors (Lipinski definition) is 5. The molecule has 0 fully saturated rings. The van der Waals surface area contributed by atoms with Crippen LogP contribution in [0.1, 0.15) is 12.7 Å². The number of nitrogens with zero attached hydrogens (tertiary/aromatic N) is 3. The fourth-order valence-electron chi connectivity index (χ4n) is 1.30. The summed E-state index contributed by atoms with van der Waals surface area (Å²) in [5.41, 5.74) is 0. The van der Waals surface area contributed by atoms with Gasteiger partial charge in [0.2, 0.25) is 5.91 Å². The third-order valence-corrected chi connectivity index (χ3v) is 2.09. The summed E-state index contributed by atoms with van der Waals surface area (Å²) in [5, 5.41) is 5.86. The lowest BCUT2D eigenvalue weighted by molar-refractivity contribution is -0.118. The number of carbonyl (C=O) groups excluding carboxylic acids is 1. The van der Waals surface area contributed by atoms with Gasteiger partial charge < -0.3 is 15.5 Å². The van der Waals surface area contributed by atoms with Crippen LogP contribution in [0.4, 0.5) is 11.6 Å². The molecule has 0 aliphatic rings. The quantitative estimate of drug-likeness (QED) is 0.725. The fraction of sp³-hybridized carbons (Fsp3) is 0.545. The number of rotatable bonds is 5. The van der Waals surface area contributed by atoms with E-state index in [1.807, 2.05) is 32.0 Å². The van der Waals surface area contributed by atoms with E-state index in [0.717, 1.165) is 17.5 Å². The molecule has 94 valence electrons. The Labute approximate surface area is 101 Å². The molecule has 0 saturated carbocycles. The zero-order chi connectivity index (χ0) is 12.8. The Kier molecular flexibility index (Phi) is 4.68. The van der Waals surface area contributed by atoms with Crippen molar-refractivity contribution in [1.29, 1.82) is 0 Å². The Balaban J connectivity index is 2.55. The molecule has 2 N–H and O–H groups in total. The summed E-state index contributed by atoms with van der Waals surface area (Å²) in [7, 11) is 3.87. The van der Waals surface area contributed by atoms with Crippen LogP contribution in [0, 0.1) is 6.92 Å². The molecule has 1 heterocycles. The van der Waals surface area contributed by atoms with Crippen LogP contribution in [0.25, 0.3) is 0 Å². The van der Waals surface area contributed by atoms with Crippen molar-refractivity contribution in [2.24, 2.45) is 0 Å². The second kappa shape index (κ2) is 6.03. The van der Waals surface area contributed by atoms with Gasteiger partial charge in [-0.1, -0.05) is 0 Å². The molecule has 0 bridgehead atoms. The van der Waals surface area contributed by atoms with Gasteiger partial charge in [0.15, 0.2) is 0 Å². The molecule has 0 aliphatic heterocycles. The van der Waals surface area contributed by atoms with Crippen molar-refractivity contribution in [2.45, 2.75) is 13.8 Å². The highest BCUT2D eigenvalue weighted by atomic mass is 16.1. The van der Waals surface area contributed by atoms with Gasteiger partial charge in [0.25, 0.3) is 0 Å². The van der Waals surface area contributed by atoms with E-state index in [-0.39, 0.29) is 5.91 Å². The van der Waals surface area contributed by atoms with Crippen molar-refractivity contribution in [1.82, 2.24) is 15.3 Å². The number of carbonyl (C=O) groups is 1. The lowest BCUT2D eigenvalue weighted by Crippen LogP contribution is -2.26. The number of aromatic nitrogens is 2. The molecule has 0 saturated heterocycles. The van der Waals surface area contributed by atoms with Gasteiger partial charge in [0.1, 0.15) is 17.5 Å². The summed E-state index contributed by atoms with van der Waals surface area (Å²) >= 11 is 0. The SMILES string of the molecule is CC(=O)NCCNc1cc(N(C)C)nc(C)n1. The van der Waals surface area contributed by atoms with Crippen molar-refractivity contribution in [2.75, 3.05) is 37.4 Å². The third kappa shape index (κ3) is 4.67. The minimum absolute atomic E-state index is 0.0281. The topological polar surface area (TPSA) is 70.2 Å². The Morgan fingerprint density at radius 2 is 2.06 bits per heavy atom. The summed E-state index contributed by atoms with van der Waals surface area (Å²) in [5.74, 6) is 2.32. The van der Waals surface area contributed by atoms with Crippen molar-refractivity contribution in [3.63, 3.8) is 0 Å². The van der Waals surface area contributed by atoms with E-state index < -0.39 is 0 Å². The first kappa shape index (κ1) is 13.2. The molecule has 1 amide bonds. The fourth-order valence-corrected chi connectivity index (χ4v) is 1.30. The Morgan fingerprint density at radius 1 is 1.35 bits per heavy atom. The molecule has 0 radical (unpaired) electrons. The van der Waals surface area contributed by atoms with Crippen LogP contribution in [0.5, 0.6) is 0 Å². The van der Waals surface area contributed by atoms with Gasteiger partial charge >= 0.3 is 0 Å². The molecule has 0 aliphatic carbocycles. The van der Waals surface area contributed by atoms with E-state index >= 15 is 0 Å². The number of aryl methyl sites for hydroxylation is 1. The highest BCUT2D eigenvalue weighted by Gasteiger charge is 2.02. The second-order valence-corrected chi connectivity index (χ2v) is 3.96. The Hall–Kier alpha value is -1.85. The van der Waals surface area contributed by atoms with Gasteiger partial charge in [-0.15, -0.1) is 0 Å². The maximum atomic E-state index is 10.7. The summed E-state index contributed by atoms with van der Waals surface area (Å²) in [6.45, 7) is 4.57. The highest BCUT2D eigenvalue weighted by molar-refractivity contribution is 5.72. The van der Waals surface area contributed by atoms with Crippen LogP contribution in [0.15, 0.2) is 6.07 Å². The van der Waals surface area contributed by atoms with Crippen molar-refractivity contribution < 1.29 is 4.79 Å². The number of hydrogen-bond donors (Lipinski definition) is 2. The third-order valence-electron chi connectivity index (χ3n) is 2.09. The van der Waals surface area contributed by atoms with E-state index in [1.165, 1.54) is 6.92 Å². The molecular formula is C11H19N5O. The lowest BCUT2D eigenvalue weighted by atomic mass is 10.4. The van der Waals surface area contributed by atoms with Crippen molar-refractivity contribution >= 4 is 17.5 Å². The van der Waals surface area contributed by atoms with Crippen LogP contribution in [0.3, 0.4) is 0 Å². The highest BCUT2D eigenvalue weighted by Crippen LogP contribution is 2.12. The van der Waals surface area contributed by atoms with Crippen LogP contribution < -0.4 is 15.5 Å². The molecule has 6 heteroatoms. The maximum absolute atomic E-state index is 10.7. The second-order valence-electron chi connectivity index (χ2n) is 3.96. The summed E-state index contributed by atoms with van der Waals surface area (Å²) in [6, 6.07) is 1.88. The minimum atomic E-state index is -0.0281. The zero-order valence-corrected chi connectivity index (χ0v) is 10.7. The molecule has 0 spiro atoms. The average Bonchev–Trinajstić information content (AvgIpc) is 2.23. The largest absolute Gasteiger partial charge is 0.368 e. The summed E-state index contributed by atoms with van der Waals surface area (Å²) in [6.07, 6.45) is 0. The van der Waals surface area contributed by atoms with E-state index in [4.69, 9.17) is 0 Å². The molecule has 1 aromatic heterocycles. The van der Waals surface area contributed by atoms with Crippen LogP contribution in [-0.2, 0) is 4.79 Å². The standard InChI is InChI=1S/C11H19N5O/c1-8-14-10(7-11(15-8)16(3)4)13-6-5-12-9(2)17/h7H,5-6H2,1-4H3,(H,12,17)(H,13,14,15). The van der Waals surface area contributed by atoms with E-state index in [0.29, 0.717) is 13.1 Å². The minimum Gasteiger partial charge on any atom is -0.368 e. The monoisotopic (exact) mass is 237 g/mol. The molecular weight excluding hydrogens is 218 g/mol. The number of anilines is 2. The molecule has 6 nitrogen and oxygen atoms in total. The summed E-state index contributed by atoms with van der Waals surface area (Å²) < 4.78 is 0. The molecule has 0 aromatic carbocycles. The first-order valence-corrected chi connectivity index (χ1v) is 5.50. The number of nitrogens with one attached hydrogen (secondary N) is 2. The van der Waals surface area contributed by atoms with Crippen LogP contribution in [-0.4, -0.2) is 43.1 Å². The Morgan fingerprint density at radius 3 is 2.65 bits per heavy atom. The lowest BCUT2D eigenvalue weighted by Gasteiger charge is -2.13. The maximum Gasteiger partial charge on any atom is 0.216 e. The molecule has 1 rings (SSSR count). The van der Waals surface area contributed by atoms with Gasteiger partial charge in [-0.2, -0.15) is 0 Å².